The van der Waals surface area contributed by atoms with E-state index < -0.39 is 29.4 Å². The molecule has 0 aromatic rings. The Bertz CT molecular complexity index is 384. The number of alkyl halides is 2. The molecule has 1 aliphatic rings. The van der Waals surface area contributed by atoms with Crippen LogP contribution >= 0.6 is 0 Å². The Kier molecular flexibility index (Phi) is 5.07. The lowest BCUT2D eigenvalue weighted by Crippen LogP contribution is -2.62. The van der Waals surface area contributed by atoms with Crippen molar-refractivity contribution >= 4 is 11.8 Å². The van der Waals surface area contributed by atoms with Gasteiger partial charge >= 0.3 is 5.92 Å². The summed E-state index contributed by atoms with van der Waals surface area (Å²) in [6.07, 6.45) is 0.938. The van der Waals surface area contributed by atoms with Gasteiger partial charge in [-0.1, -0.05) is 6.92 Å². The molecule has 5 nitrogen and oxygen atoms in total. The van der Waals surface area contributed by atoms with E-state index in [9.17, 15) is 23.5 Å². The van der Waals surface area contributed by atoms with E-state index >= 15 is 0 Å². The van der Waals surface area contributed by atoms with Crippen LogP contribution in [0, 0.1) is 0 Å². The van der Waals surface area contributed by atoms with Gasteiger partial charge in [0.05, 0.1) is 0 Å². The molecule has 7 heteroatoms. The molecule has 1 aliphatic carbocycles. The molecule has 0 saturated heterocycles. The Morgan fingerprint density at radius 1 is 1.30 bits per heavy atom. The summed E-state index contributed by atoms with van der Waals surface area (Å²) >= 11 is 0. The van der Waals surface area contributed by atoms with Crippen molar-refractivity contribution < 1.29 is 23.5 Å². The van der Waals surface area contributed by atoms with Gasteiger partial charge in [0.2, 0.25) is 5.91 Å². The quantitative estimate of drug-likeness (QED) is 0.682. The van der Waals surface area contributed by atoms with Gasteiger partial charge in [-0.3, -0.25) is 9.59 Å². The number of halogens is 2. The first kappa shape index (κ1) is 16.8. The summed E-state index contributed by atoms with van der Waals surface area (Å²) in [6.45, 7) is 4.98. The summed E-state index contributed by atoms with van der Waals surface area (Å²) in [5.41, 5.74) is -2.27. The Hall–Kier alpha value is -1.24. The molecular weight excluding hydrogens is 270 g/mol. The molecule has 1 fully saturated rings. The molecule has 0 bridgehead atoms. The third-order valence-electron chi connectivity index (χ3n) is 3.79. The van der Waals surface area contributed by atoms with Crippen LogP contribution in [-0.2, 0) is 9.59 Å². The molecule has 0 aromatic carbocycles. The topological polar surface area (TPSA) is 78.4 Å². The Labute approximate surface area is 117 Å². The van der Waals surface area contributed by atoms with Gasteiger partial charge < -0.3 is 15.7 Å². The second kappa shape index (κ2) is 6.03. The highest BCUT2D eigenvalue weighted by Crippen LogP contribution is 2.44. The Morgan fingerprint density at radius 3 is 2.25 bits per heavy atom. The SMILES string of the molecule is CCC(C)NC(=O)C(C)NC(=O)C(F)(F)C1(O)CCC1. The molecule has 20 heavy (non-hydrogen) atoms. The molecule has 0 aromatic heterocycles. The maximum Gasteiger partial charge on any atom is 0.352 e. The van der Waals surface area contributed by atoms with E-state index in [0.29, 0.717) is 12.8 Å². The summed E-state index contributed by atoms with van der Waals surface area (Å²) < 4.78 is 27.6. The minimum Gasteiger partial charge on any atom is -0.383 e. The number of nitrogens with one attached hydrogen (secondary N) is 2. The van der Waals surface area contributed by atoms with Crippen LogP contribution in [0.15, 0.2) is 0 Å². The summed E-state index contributed by atoms with van der Waals surface area (Å²) in [5.74, 6) is -6.01. The minimum absolute atomic E-state index is 0.0989. The van der Waals surface area contributed by atoms with Crippen molar-refractivity contribution in [2.75, 3.05) is 0 Å². The highest BCUT2D eigenvalue weighted by Gasteiger charge is 2.61. The Morgan fingerprint density at radius 2 is 1.85 bits per heavy atom. The van der Waals surface area contributed by atoms with E-state index in [1.165, 1.54) is 6.92 Å². The third-order valence-corrected chi connectivity index (χ3v) is 3.79. The summed E-state index contributed by atoms with van der Waals surface area (Å²) in [4.78, 5) is 23.2. The standard InChI is InChI=1S/C13H22F2N2O3/c1-4-8(2)16-10(18)9(3)17-11(19)13(14,15)12(20)6-5-7-12/h8-9,20H,4-7H2,1-3H3,(H,16,18)(H,17,19). The van der Waals surface area contributed by atoms with Crippen molar-refractivity contribution in [1.82, 2.24) is 10.6 Å². The lowest BCUT2D eigenvalue weighted by atomic mass is 9.75. The van der Waals surface area contributed by atoms with E-state index in [1.807, 2.05) is 12.2 Å². The van der Waals surface area contributed by atoms with Gasteiger partial charge in [0, 0.05) is 6.04 Å². The van der Waals surface area contributed by atoms with Crippen molar-refractivity contribution in [3.63, 3.8) is 0 Å². The van der Waals surface area contributed by atoms with Gasteiger partial charge in [-0.05, 0) is 39.5 Å². The smallest absolute Gasteiger partial charge is 0.352 e. The molecule has 0 radical (unpaired) electrons. The molecule has 116 valence electrons. The molecule has 0 aliphatic heterocycles. The zero-order valence-corrected chi connectivity index (χ0v) is 12.0. The zero-order chi connectivity index (χ0) is 15.6. The monoisotopic (exact) mass is 292 g/mol. The van der Waals surface area contributed by atoms with E-state index in [0.717, 1.165) is 0 Å². The van der Waals surface area contributed by atoms with Crippen LogP contribution < -0.4 is 10.6 Å². The number of hydrogen-bond acceptors (Lipinski definition) is 3. The minimum atomic E-state index is -3.88. The van der Waals surface area contributed by atoms with Crippen LogP contribution in [0.1, 0.15) is 46.5 Å². The lowest BCUT2D eigenvalue weighted by Gasteiger charge is -2.41. The highest BCUT2D eigenvalue weighted by molar-refractivity contribution is 5.91. The van der Waals surface area contributed by atoms with E-state index in [-0.39, 0.29) is 18.9 Å². The number of carbonyl (C=O) groups excluding carboxylic acids is 2. The van der Waals surface area contributed by atoms with E-state index in [4.69, 9.17) is 0 Å². The van der Waals surface area contributed by atoms with E-state index in [2.05, 4.69) is 5.32 Å². The molecule has 3 N–H and O–H groups in total. The summed E-state index contributed by atoms with van der Waals surface area (Å²) in [6, 6.07) is -1.18. The van der Waals surface area contributed by atoms with Crippen molar-refractivity contribution in [2.24, 2.45) is 0 Å². The second-order valence-electron chi connectivity index (χ2n) is 5.47. The molecule has 0 heterocycles. The van der Waals surface area contributed by atoms with Gasteiger partial charge in [0.1, 0.15) is 11.6 Å². The van der Waals surface area contributed by atoms with Gasteiger partial charge in [-0.25, -0.2) is 0 Å². The van der Waals surface area contributed by atoms with Gasteiger partial charge in [-0.2, -0.15) is 8.78 Å². The first-order valence-electron chi connectivity index (χ1n) is 6.85. The molecule has 2 atom stereocenters. The number of carbonyl (C=O) groups is 2. The maximum atomic E-state index is 13.8. The molecule has 0 spiro atoms. The third kappa shape index (κ3) is 3.26. The normalized spacial score (nSPS) is 20.5. The molecule has 1 saturated carbocycles. The summed E-state index contributed by atoms with van der Waals surface area (Å²) in [7, 11) is 0. The van der Waals surface area contributed by atoms with Gasteiger partial charge in [0.25, 0.3) is 5.91 Å². The molecule has 2 amide bonds. The maximum absolute atomic E-state index is 13.8. The highest BCUT2D eigenvalue weighted by atomic mass is 19.3. The van der Waals surface area contributed by atoms with Gasteiger partial charge in [-0.15, -0.1) is 0 Å². The second-order valence-corrected chi connectivity index (χ2v) is 5.47. The molecule has 2 unspecified atom stereocenters. The molecule has 1 rings (SSSR count). The van der Waals surface area contributed by atoms with Crippen LogP contribution in [0.25, 0.3) is 0 Å². The first-order valence-corrected chi connectivity index (χ1v) is 6.85. The average Bonchev–Trinajstić information content (AvgIpc) is 2.34. The summed E-state index contributed by atoms with van der Waals surface area (Å²) in [5, 5.41) is 14.2. The lowest BCUT2D eigenvalue weighted by molar-refractivity contribution is -0.216. The number of hydrogen-bond donors (Lipinski definition) is 3. The number of rotatable bonds is 6. The Balaban J connectivity index is 2.59. The fourth-order valence-corrected chi connectivity index (χ4v) is 1.86. The van der Waals surface area contributed by atoms with Crippen LogP contribution in [0.2, 0.25) is 0 Å². The number of aliphatic hydroxyl groups is 1. The van der Waals surface area contributed by atoms with Gasteiger partial charge in [0.15, 0.2) is 0 Å². The van der Waals surface area contributed by atoms with Crippen molar-refractivity contribution in [1.29, 1.82) is 0 Å². The van der Waals surface area contributed by atoms with Crippen LogP contribution in [0.3, 0.4) is 0 Å². The largest absolute Gasteiger partial charge is 0.383 e. The van der Waals surface area contributed by atoms with Crippen LogP contribution in [0.5, 0.6) is 0 Å². The number of amides is 2. The predicted octanol–water partition coefficient (Wildman–Crippen LogP) is 0.956. The first-order chi connectivity index (χ1) is 9.14. The molecular formula is C13H22F2N2O3. The van der Waals surface area contributed by atoms with Crippen molar-refractivity contribution in [3.05, 3.63) is 0 Å². The fraction of sp³-hybridized carbons (Fsp3) is 0.846. The van der Waals surface area contributed by atoms with Crippen molar-refractivity contribution in [3.8, 4) is 0 Å². The van der Waals surface area contributed by atoms with E-state index in [1.54, 1.807) is 6.92 Å². The predicted molar refractivity (Wildman–Crippen MR) is 69.2 cm³/mol. The zero-order valence-electron chi connectivity index (χ0n) is 12.0. The fourth-order valence-electron chi connectivity index (χ4n) is 1.86. The van der Waals surface area contributed by atoms with Crippen LogP contribution in [0.4, 0.5) is 8.78 Å². The average molecular weight is 292 g/mol. The van der Waals surface area contributed by atoms with Crippen LogP contribution in [-0.4, -0.2) is 40.5 Å². The van der Waals surface area contributed by atoms with Crippen molar-refractivity contribution in [2.45, 2.75) is 70.1 Å².